The summed E-state index contributed by atoms with van der Waals surface area (Å²) in [5.41, 5.74) is 1.33. The van der Waals surface area contributed by atoms with Gasteiger partial charge in [0.1, 0.15) is 5.82 Å². The van der Waals surface area contributed by atoms with Crippen LogP contribution in [-0.2, 0) is 0 Å². The van der Waals surface area contributed by atoms with Gasteiger partial charge in [0.2, 0.25) is 0 Å². The van der Waals surface area contributed by atoms with E-state index in [1.165, 1.54) is 0 Å². The largest absolute Gasteiger partial charge is 0.369 e. The van der Waals surface area contributed by atoms with Crippen molar-refractivity contribution in [2.45, 2.75) is 19.9 Å². The molecule has 1 aromatic carbocycles. The van der Waals surface area contributed by atoms with Crippen LogP contribution in [-0.4, -0.2) is 22.6 Å². The summed E-state index contributed by atoms with van der Waals surface area (Å²) in [6.45, 7) is 4.67. The molecule has 0 radical (unpaired) electrons. The van der Waals surface area contributed by atoms with E-state index in [1.54, 1.807) is 12.1 Å². The van der Waals surface area contributed by atoms with E-state index in [0.717, 1.165) is 16.6 Å². The lowest BCUT2D eigenvalue weighted by molar-refractivity contribution is 0.0934. The number of nitrogens with one attached hydrogen (secondary N) is 2. The summed E-state index contributed by atoms with van der Waals surface area (Å²) < 4.78 is 0.982. The molecule has 0 aliphatic heterocycles. The van der Waals surface area contributed by atoms with E-state index in [2.05, 4.69) is 36.8 Å². The summed E-state index contributed by atoms with van der Waals surface area (Å²) in [5.74, 6) is 0.423. The summed E-state index contributed by atoms with van der Waals surface area (Å²) in [4.78, 5) is 12.1. The van der Waals surface area contributed by atoms with Crippen molar-refractivity contribution in [2.75, 3.05) is 11.9 Å². The zero-order chi connectivity index (χ0) is 15.2. The van der Waals surface area contributed by atoms with Crippen molar-refractivity contribution in [3.8, 4) is 0 Å². The molecule has 5 nitrogen and oxygen atoms in total. The average Bonchev–Trinajstić information content (AvgIpc) is 2.48. The number of halogens is 1. The molecule has 21 heavy (non-hydrogen) atoms. The fourth-order valence-corrected chi connectivity index (χ4v) is 2.28. The molecule has 0 bridgehead atoms. The predicted octanol–water partition coefficient (Wildman–Crippen LogP) is 3.16. The number of carbonyl (C=O) groups excluding carboxylic acids is 1. The van der Waals surface area contributed by atoms with Gasteiger partial charge in [-0.2, -0.15) is 0 Å². The molecule has 1 atom stereocenters. The molecule has 0 aliphatic rings. The Kier molecular flexibility index (Phi) is 5.27. The van der Waals surface area contributed by atoms with Crippen LogP contribution in [0.2, 0.25) is 0 Å². The van der Waals surface area contributed by atoms with Crippen molar-refractivity contribution in [1.82, 2.24) is 15.5 Å². The second-order valence-corrected chi connectivity index (χ2v) is 5.50. The number of rotatable bonds is 5. The van der Waals surface area contributed by atoms with Crippen molar-refractivity contribution >= 4 is 27.7 Å². The fourth-order valence-electron chi connectivity index (χ4n) is 1.86. The van der Waals surface area contributed by atoms with Gasteiger partial charge < -0.3 is 10.6 Å². The molecule has 2 aromatic rings. The third-order valence-corrected chi connectivity index (χ3v) is 3.44. The van der Waals surface area contributed by atoms with Gasteiger partial charge in [-0.05, 0) is 43.7 Å². The summed E-state index contributed by atoms with van der Waals surface area (Å²) in [6.07, 6.45) is 0. The molecule has 0 aliphatic carbocycles. The number of nitrogens with zero attached hydrogens (tertiary/aromatic N) is 2. The molecule has 0 fully saturated rings. The monoisotopic (exact) mass is 348 g/mol. The molecule has 6 heteroatoms. The number of hydrogen-bond acceptors (Lipinski definition) is 4. The second kappa shape index (κ2) is 7.17. The second-order valence-electron chi connectivity index (χ2n) is 4.58. The van der Waals surface area contributed by atoms with Crippen LogP contribution in [0.3, 0.4) is 0 Å². The van der Waals surface area contributed by atoms with E-state index in [-0.39, 0.29) is 11.9 Å². The van der Waals surface area contributed by atoms with Gasteiger partial charge in [-0.3, -0.25) is 4.79 Å². The molecule has 1 heterocycles. The first-order valence-corrected chi connectivity index (χ1v) is 7.53. The molecule has 2 rings (SSSR count). The van der Waals surface area contributed by atoms with Gasteiger partial charge in [-0.1, -0.05) is 28.1 Å². The van der Waals surface area contributed by atoms with E-state index in [4.69, 9.17) is 0 Å². The fraction of sp³-hybridized carbons (Fsp3) is 0.267. The minimum atomic E-state index is -0.238. The van der Waals surface area contributed by atoms with Gasteiger partial charge in [0.25, 0.3) is 5.91 Å². The maximum atomic E-state index is 12.1. The highest BCUT2D eigenvalue weighted by molar-refractivity contribution is 9.10. The molecule has 1 amide bonds. The topological polar surface area (TPSA) is 66.9 Å². The van der Waals surface area contributed by atoms with Crippen LogP contribution >= 0.6 is 15.9 Å². The normalized spacial score (nSPS) is 11.8. The first-order valence-electron chi connectivity index (χ1n) is 6.74. The number of anilines is 1. The number of aromatic nitrogens is 2. The van der Waals surface area contributed by atoms with Crippen LogP contribution in [0, 0.1) is 0 Å². The van der Waals surface area contributed by atoms with Gasteiger partial charge in [0.05, 0.1) is 6.04 Å². The SMILES string of the molecule is CCNc1ccc(C(=O)NC(C)c2cccc(Br)c2)nn1. The quantitative estimate of drug-likeness (QED) is 0.870. The molecule has 2 N–H and O–H groups in total. The molecule has 1 unspecified atom stereocenters. The Bertz CT molecular complexity index is 615. The third kappa shape index (κ3) is 4.26. The first-order chi connectivity index (χ1) is 10.1. The first kappa shape index (κ1) is 15.4. The van der Waals surface area contributed by atoms with E-state index in [1.807, 2.05) is 38.1 Å². The number of amides is 1. The Morgan fingerprint density at radius 3 is 2.71 bits per heavy atom. The zero-order valence-electron chi connectivity index (χ0n) is 11.9. The van der Waals surface area contributed by atoms with E-state index in [0.29, 0.717) is 11.5 Å². The maximum Gasteiger partial charge on any atom is 0.272 e. The van der Waals surface area contributed by atoms with Gasteiger partial charge in [0, 0.05) is 11.0 Å². The van der Waals surface area contributed by atoms with Crippen LogP contribution in [0.25, 0.3) is 0 Å². The van der Waals surface area contributed by atoms with Crippen molar-refractivity contribution in [3.05, 3.63) is 52.1 Å². The Hall–Kier alpha value is -1.95. The van der Waals surface area contributed by atoms with Crippen LogP contribution < -0.4 is 10.6 Å². The van der Waals surface area contributed by atoms with Gasteiger partial charge in [0.15, 0.2) is 5.69 Å². The highest BCUT2D eigenvalue weighted by Crippen LogP contribution is 2.18. The summed E-state index contributed by atoms with van der Waals surface area (Å²) in [6, 6.07) is 11.1. The summed E-state index contributed by atoms with van der Waals surface area (Å²) >= 11 is 3.42. The summed E-state index contributed by atoms with van der Waals surface area (Å²) in [7, 11) is 0. The average molecular weight is 349 g/mol. The van der Waals surface area contributed by atoms with E-state index in [9.17, 15) is 4.79 Å². The van der Waals surface area contributed by atoms with Crippen LogP contribution in [0.1, 0.15) is 35.9 Å². The predicted molar refractivity (Wildman–Crippen MR) is 86.2 cm³/mol. The van der Waals surface area contributed by atoms with Crippen molar-refractivity contribution in [2.24, 2.45) is 0 Å². The molecule has 0 saturated carbocycles. The molecule has 0 spiro atoms. The molecule has 1 aromatic heterocycles. The van der Waals surface area contributed by atoms with Crippen molar-refractivity contribution in [1.29, 1.82) is 0 Å². The van der Waals surface area contributed by atoms with Gasteiger partial charge >= 0.3 is 0 Å². The van der Waals surface area contributed by atoms with Gasteiger partial charge in [-0.15, -0.1) is 10.2 Å². The lowest BCUT2D eigenvalue weighted by Gasteiger charge is -2.14. The Morgan fingerprint density at radius 1 is 1.29 bits per heavy atom. The lowest BCUT2D eigenvalue weighted by Crippen LogP contribution is -2.27. The number of hydrogen-bond donors (Lipinski definition) is 2. The van der Waals surface area contributed by atoms with Crippen molar-refractivity contribution < 1.29 is 4.79 Å². The Balaban J connectivity index is 2.03. The smallest absolute Gasteiger partial charge is 0.272 e. The van der Waals surface area contributed by atoms with Crippen LogP contribution in [0.5, 0.6) is 0 Å². The van der Waals surface area contributed by atoms with E-state index >= 15 is 0 Å². The van der Waals surface area contributed by atoms with Crippen LogP contribution in [0.4, 0.5) is 5.82 Å². The maximum absolute atomic E-state index is 12.1. The third-order valence-electron chi connectivity index (χ3n) is 2.95. The van der Waals surface area contributed by atoms with Crippen LogP contribution in [0.15, 0.2) is 40.9 Å². The lowest BCUT2D eigenvalue weighted by atomic mass is 10.1. The summed E-state index contributed by atoms with van der Waals surface area (Å²) in [5, 5.41) is 13.8. The zero-order valence-corrected chi connectivity index (χ0v) is 13.5. The molecule has 110 valence electrons. The Morgan fingerprint density at radius 2 is 2.10 bits per heavy atom. The minimum absolute atomic E-state index is 0.106. The molecular formula is C15H17BrN4O. The molecule has 0 saturated heterocycles. The van der Waals surface area contributed by atoms with Gasteiger partial charge in [-0.25, -0.2) is 0 Å². The highest BCUT2D eigenvalue weighted by atomic mass is 79.9. The molecular weight excluding hydrogens is 332 g/mol. The number of benzene rings is 1. The minimum Gasteiger partial charge on any atom is -0.369 e. The van der Waals surface area contributed by atoms with E-state index < -0.39 is 0 Å². The standard InChI is InChI=1S/C15H17BrN4O/c1-3-17-14-8-7-13(19-20-14)15(21)18-10(2)11-5-4-6-12(16)9-11/h4-10H,3H2,1-2H3,(H,17,20)(H,18,21). The highest BCUT2D eigenvalue weighted by Gasteiger charge is 2.13. The van der Waals surface area contributed by atoms with Crippen molar-refractivity contribution in [3.63, 3.8) is 0 Å². The Labute approximate surface area is 132 Å². The number of carbonyl (C=O) groups is 1.